The van der Waals surface area contributed by atoms with Crippen LogP contribution in [0.3, 0.4) is 0 Å². The van der Waals surface area contributed by atoms with Crippen molar-refractivity contribution in [3.63, 3.8) is 0 Å². The predicted octanol–water partition coefficient (Wildman–Crippen LogP) is 4.15. The second-order valence-corrected chi connectivity index (χ2v) is 6.95. The molecule has 0 fully saturated rings. The number of alkyl halides is 3. The van der Waals surface area contributed by atoms with E-state index in [1.807, 2.05) is 31.2 Å². The molecule has 0 aliphatic carbocycles. The monoisotopic (exact) mass is 436 g/mol. The minimum Gasteiger partial charge on any atom is -0.484 e. The summed E-state index contributed by atoms with van der Waals surface area (Å²) in [5, 5.41) is 8.95. The number of rotatable bonds is 8. The minimum atomic E-state index is -4.41. The molecule has 0 heterocycles. The average Bonchev–Trinajstić information content (AvgIpc) is 2.68. The van der Waals surface area contributed by atoms with Crippen LogP contribution in [0.5, 0.6) is 5.75 Å². The molecule has 2 aromatic carbocycles. The van der Waals surface area contributed by atoms with E-state index in [4.69, 9.17) is 4.74 Å². The van der Waals surface area contributed by atoms with E-state index in [1.54, 1.807) is 25.1 Å². The van der Waals surface area contributed by atoms with Gasteiger partial charge in [0.15, 0.2) is 12.6 Å². The van der Waals surface area contributed by atoms with Gasteiger partial charge in [-0.05, 0) is 43.2 Å². The third-order valence-corrected chi connectivity index (χ3v) is 4.07. The van der Waals surface area contributed by atoms with Crippen molar-refractivity contribution in [2.45, 2.75) is 40.0 Å². The lowest BCUT2D eigenvalue weighted by atomic mass is 10.1. The van der Waals surface area contributed by atoms with Gasteiger partial charge < -0.3 is 20.7 Å². The van der Waals surface area contributed by atoms with Crippen molar-refractivity contribution in [1.29, 1.82) is 0 Å². The smallest absolute Gasteiger partial charge is 0.422 e. The van der Waals surface area contributed by atoms with E-state index < -0.39 is 12.8 Å². The number of halogens is 3. The number of carbonyl (C=O) groups is 1. The molecule has 0 saturated heterocycles. The Hall–Kier alpha value is -3.23. The number of nitrogens with zero attached hydrogens (tertiary/aromatic N) is 1. The summed E-state index contributed by atoms with van der Waals surface area (Å²) < 4.78 is 42.7. The number of aryl methyl sites for hydroxylation is 1. The second-order valence-electron chi connectivity index (χ2n) is 6.95. The molecule has 0 radical (unpaired) electrons. The SMILES string of the molecule is CCNC(=NCc1cccc(NC(C)=O)c1)NCc1ccc(C)cc1OCC(F)(F)F. The molecule has 0 aliphatic rings. The number of hydrogen-bond donors (Lipinski definition) is 3. The van der Waals surface area contributed by atoms with E-state index in [2.05, 4.69) is 20.9 Å². The van der Waals surface area contributed by atoms with Crippen molar-refractivity contribution in [3.8, 4) is 5.75 Å². The van der Waals surface area contributed by atoms with Crippen LogP contribution in [-0.2, 0) is 17.9 Å². The van der Waals surface area contributed by atoms with Crippen molar-refractivity contribution >= 4 is 17.6 Å². The first-order valence-electron chi connectivity index (χ1n) is 9.84. The molecule has 0 spiro atoms. The zero-order valence-electron chi connectivity index (χ0n) is 17.8. The number of guanidine groups is 1. The van der Waals surface area contributed by atoms with E-state index >= 15 is 0 Å². The van der Waals surface area contributed by atoms with Crippen LogP contribution >= 0.6 is 0 Å². The Labute approximate surface area is 179 Å². The summed E-state index contributed by atoms with van der Waals surface area (Å²) in [6.45, 7) is 5.01. The van der Waals surface area contributed by atoms with Gasteiger partial charge in [-0.3, -0.25) is 4.79 Å². The first-order chi connectivity index (χ1) is 14.7. The molecule has 2 rings (SSSR count). The van der Waals surface area contributed by atoms with E-state index in [0.29, 0.717) is 30.3 Å². The molecule has 0 aliphatic heterocycles. The maximum atomic E-state index is 12.6. The standard InChI is InChI=1S/C22H27F3N4O2/c1-4-26-21(27-12-17-6-5-7-19(11-17)29-16(3)30)28-13-18-9-8-15(2)10-20(18)31-14-22(23,24)25/h5-11H,4,12-14H2,1-3H3,(H,29,30)(H2,26,27,28). The normalized spacial score (nSPS) is 11.7. The summed E-state index contributed by atoms with van der Waals surface area (Å²) in [5.74, 6) is 0.538. The Kier molecular flexibility index (Phi) is 8.72. The highest BCUT2D eigenvalue weighted by molar-refractivity contribution is 5.88. The van der Waals surface area contributed by atoms with Crippen LogP contribution in [0.4, 0.5) is 18.9 Å². The van der Waals surface area contributed by atoms with Gasteiger partial charge in [-0.1, -0.05) is 24.3 Å². The van der Waals surface area contributed by atoms with Gasteiger partial charge in [-0.25, -0.2) is 4.99 Å². The number of carbonyl (C=O) groups excluding carboxylic acids is 1. The van der Waals surface area contributed by atoms with E-state index in [-0.39, 0.29) is 18.2 Å². The third kappa shape index (κ3) is 8.98. The Morgan fingerprint density at radius 3 is 2.58 bits per heavy atom. The summed E-state index contributed by atoms with van der Waals surface area (Å²) in [6.07, 6.45) is -4.41. The molecular weight excluding hydrogens is 409 g/mol. The molecule has 0 bridgehead atoms. The molecule has 0 saturated carbocycles. The van der Waals surface area contributed by atoms with Gasteiger partial charge in [0, 0.05) is 31.3 Å². The third-order valence-electron chi connectivity index (χ3n) is 4.07. The van der Waals surface area contributed by atoms with Gasteiger partial charge in [-0.2, -0.15) is 13.2 Å². The molecule has 31 heavy (non-hydrogen) atoms. The Bertz CT molecular complexity index is 914. The maximum Gasteiger partial charge on any atom is 0.422 e. The summed E-state index contributed by atoms with van der Waals surface area (Å²) in [5.41, 5.74) is 2.98. The van der Waals surface area contributed by atoms with Gasteiger partial charge in [0.05, 0.1) is 6.54 Å². The van der Waals surface area contributed by atoms with E-state index in [1.165, 1.54) is 6.92 Å². The van der Waals surface area contributed by atoms with Gasteiger partial charge in [0.2, 0.25) is 5.91 Å². The van der Waals surface area contributed by atoms with Crippen molar-refractivity contribution in [1.82, 2.24) is 10.6 Å². The number of amides is 1. The molecule has 6 nitrogen and oxygen atoms in total. The number of hydrogen-bond acceptors (Lipinski definition) is 3. The average molecular weight is 436 g/mol. The molecule has 0 aromatic heterocycles. The number of benzene rings is 2. The number of ether oxygens (including phenoxy) is 1. The van der Waals surface area contributed by atoms with Crippen LogP contribution in [0.1, 0.15) is 30.5 Å². The van der Waals surface area contributed by atoms with Gasteiger partial charge in [0.25, 0.3) is 0 Å². The molecule has 3 N–H and O–H groups in total. The lowest BCUT2D eigenvalue weighted by Crippen LogP contribution is -2.37. The molecule has 168 valence electrons. The lowest BCUT2D eigenvalue weighted by Gasteiger charge is -2.16. The lowest BCUT2D eigenvalue weighted by molar-refractivity contribution is -0.153. The first-order valence-corrected chi connectivity index (χ1v) is 9.84. The van der Waals surface area contributed by atoms with Gasteiger partial charge >= 0.3 is 6.18 Å². The van der Waals surface area contributed by atoms with Crippen molar-refractivity contribution in [2.75, 3.05) is 18.5 Å². The van der Waals surface area contributed by atoms with Crippen LogP contribution in [0, 0.1) is 6.92 Å². The van der Waals surface area contributed by atoms with Crippen LogP contribution in [0.15, 0.2) is 47.5 Å². The molecule has 2 aromatic rings. The fourth-order valence-electron chi connectivity index (χ4n) is 2.74. The summed E-state index contributed by atoms with van der Waals surface area (Å²) >= 11 is 0. The fraction of sp³-hybridized carbons (Fsp3) is 0.364. The van der Waals surface area contributed by atoms with E-state index in [9.17, 15) is 18.0 Å². The van der Waals surface area contributed by atoms with Crippen LogP contribution in [0.25, 0.3) is 0 Å². The van der Waals surface area contributed by atoms with Crippen LogP contribution < -0.4 is 20.7 Å². The van der Waals surface area contributed by atoms with Gasteiger partial charge in [0.1, 0.15) is 5.75 Å². The van der Waals surface area contributed by atoms with Crippen LogP contribution in [0.2, 0.25) is 0 Å². The predicted molar refractivity (Wildman–Crippen MR) is 115 cm³/mol. The zero-order chi connectivity index (χ0) is 22.9. The first kappa shape index (κ1) is 24.0. The summed E-state index contributed by atoms with van der Waals surface area (Å²) in [6, 6.07) is 12.5. The van der Waals surface area contributed by atoms with Crippen molar-refractivity contribution in [2.24, 2.45) is 4.99 Å². The number of nitrogens with one attached hydrogen (secondary N) is 3. The second kappa shape index (κ2) is 11.2. The highest BCUT2D eigenvalue weighted by Gasteiger charge is 2.28. The largest absolute Gasteiger partial charge is 0.484 e. The van der Waals surface area contributed by atoms with Crippen LogP contribution in [-0.4, -0.2) is 31.2 Å². The minimum absolute atomic E-state index is 0.155. The Morgan fingerprint density at radius 1 is 1.13 bits per heavy atom. The molecule has 0 unspecified atom stereocenters. The maximum absolute atomic E-state index is 12.6. The zero-order valence-corrected chi connectivity index (χ0v) is 17.8. The van der Waals surface area contributed by atoms with E-state index in [0.717, 1.165) is 11.1 Å². The highest BCUT2D eigenvalue weighted by atomic mass is 19.4. The molecule has 9 heteroatoms. The summed E-state index contributed by atoms with van der Waals surface area (Å²) in [7, 11) is 0. The Morgan fingerprint density at radius 2 is 1.90 bits per heavy atom. The van der Waals surface area contributed by atoms with Gasteiger partial charge in [-0.15, -0.1) is 0 Å². The number of anilines is 1. The molecule has 0 atom stereocenters. The molecule has 1 amide bonds. The highest BCUT2D eigenvalue weighted by Crippen LogP contribution is 2.23. The van der Waals surface area contributed by atoms with Crippen molar-refractivity contribution in [3.05, 3.63) is 59.2 Å². The summed E-state index contributed by atoms with van der Waals surface area (Å²) in [4.78, 5) is 15.7. The topological polar surface area (TPSA) is 74.8 Å². The van der Waals surface area contributed by atoms with Crippen molar-refractivity contribution < 1.29 is 22.7 Å². The quantitative estimate of drug-likeness (QED) is 0.429. The fourth-order valence-corrected chi connectivity index (χ4v) is 2.74. The Balaban J connectivity index is 2.08. The number of aliphatic imine (C=N–C) groups is 1. The molecular formula is C22H27F3N4O2.